The maximum atomic E-state index is 8.95. The molecule has 0 saturated heterocycles. The van der Waals surface area contributed by atoms with Gasteiger partial charge in [0.05, 0.1) is 17.2 Å². The van der Waals surface area contributed by atoms with E-state index in [1.165, 1.54) is 0 Å². The molecule has 18 heavy (non-hydrogen) atoms. The summed E-state index contributed by atoms with van der Waals surface area (Å²) in [6, 6.07) is 9.21. The molecule has 0 fully saturated rings. The van der Waals surface area contributed by atoms with Crippen molar-refractivity contribution in [3.05, 3.63) is 45.9 Å². The average Bonchev–Trinajstić information content (AvgIpc) is 2.92. The largest absolute Gasteiger partial charge is 0.376 e. The second-order valence-corrected chi connectivity index (χ2v) is 4.65. The lowest BCUT2D eigenvalue weighted by Crippen LogP contribution is -2.06. The molecule has 1 aromatic carbocycles. The van der Waals surface area contributed by atoms with Crippen molar-refractivity contribution in [3.8, 4) is 12.1 Å². The van der Waals surface area contributed by atoms with Crippen molar-refractivity contribution < 1.29 is 0 Å². The second kappa shape index (κ2) is 5.31. The summed E-state index contributed by atoms with van der Waals surface area (Å²) in [6.45, 7) is 2.00. The third kappa shape index (κ3) is 2.48. The summed E-state index contributed by atoms with van der Waals surface area (Å²) in [4.78, 5) is 4.23. The first-order valence-corrected chi connectivity index (χ1v) is 6.22. The number of hydrogen-bond acceptors (Lipinski definition) is 5. The van der Waals surface area contributed by atoms with Gasteiger partial charge in [-0.25, -0.2) is 4.98 Å². The van der Waals surface area contributed by atoms with Gasteiger partial charge >= 0.3 is 0 Å². The molecule has 0 radical (unpaired) electrons. The number of thiazole rings is 1. The molecule has 0 spiro atoms. The normalized spacial score (nSPS) is 11.3. The number of nitrogens with zero attached hydrogens (tertiary/aromatic N) is 3. The van der Waals surface area contributed by atoms with Crippen LogP contribution in [0.5, 0.6) is 0 Å². The molecule has 0 saturated carbocycles. The number of hydrogen-bond donors (Lipinski definition) is 1. The Bertz CT molecular complexity index is 619. The van der Waals surface area contributed by atoms with Crippen molar-refractivity contribution in [2.45, 2.75) is 13.0 Å². The average molecular weight is 254 g/mol. The number of nitriles is 2. The smallest absolute Gasteiger partial charge is 0.115 e. The summed E-state index contributed by atoms with van der Waals surface area (Å²) in [5.74, 6) is 0. The second-order valence-electron chi connectivity index (χ2n) is 3.72. The van der Waals surface area contributed by atoms with E-state index in [0.29, 0.717) is 11.1 Å². The monoisotopic (exact) mass is 254 g/mol. The van der Waals surface area contributed by atoms with Gasteiger partial charge in [0.25, 0.3) is 0 Å². The molecule has 0 aliphatic heterocycles. The maximum absolute atomic E-state index is 8.95. The first-order valence-electron chi connectivity index (χ1n) is 5.34. The van der Waals surface area contributed by atoms with Gasteiger partial charge in [-0.05, 0) is 25.1 Å². The first-order chi connectivity index (χ1) is 8.74. The van der Waals surface area contributed by atoms with E-state index in [1.54, 1.807) is 35.7 Å². The molecule has 2 rings (SSSR count). The van der Waals surface area contributed by atoms with Crippen LogP contribution in [0.25, 0.3) is 0 Å². The van der Waals surface area contributed by atoms with Crippen LogP contribution in [0.4, 0.5) is 5.69 Å². The zero-order valence-electron chi connectivity index (χ0n) is 9.71. The van der Waals surface area contributed by atoms with Gasteiger partial charge in [-0.1, -0.05) is 0 Å². The van der Waals surface area contributed by atoms with Crippen molar-refractivity contribution >= 4 is 17.0 Å². The fraction of sp³-hybridized carbons (Fsp3) is 0.154. The van der Waals surface area contributed by atoms with Gasteiger partial charge in [-0.15, -0.1) is 11.3 Å². The van der Waals surface area contributed by atoms with Gasteiger partial charge in [-0.3, -0.25) is 0 Å². The quantitative estimate of drug-likeness (QED) is 0.913. The molecule has 4 nitrogen and oxygen atoms in total. The minimum atomic E-state index is 0.0736. The minimum absolute atomic E-state index is 0.0736. The highest BCUT2D eigenvalue weighted by molar-refractivity contribution is 7.09. The van der Waals surface area contributed by atoms with Crippen LogP contribution in [0.15, 0.2) is 29.8 Å². The number of anilines is 1. The Balaban J connectivity index is 2.21. The van der Waals surface area contributed by atoms with Crippen LogP contribution in [-0.4, -0.2) is 4.98 Å². The van der Waals surface area contributed by atoms with E-state index in [9.17, 15) is 0 Å². The molecule has 1 N–H and O–H groups in total. The summed E-state index contributed by atoms with van der Waals surface area (Å²) in [5, 5.41) is 24.0. The summed E-state index contributed by atoms with van der Waals surface area (Å²) in [5.41, 5.74) is 1.59. The van der Waals surface area contributed by atoms with E-state index in [2.05, 4.69) is 10.3 Å². The van der Waals surface area contributed by atoms with Crippen LogP contribution in [0.1, 0.15) is 29.1 Å². The molecule has 1 unspecified atom stereocenters. The Morgan fingerprint density at radius 3 is 2.67 bits per heavy atom. The molecule has 0 aliphatic carbocycles. The van der Waals surface area contributed by atoms with E-state index >= 15 is 0 Å². The van der Waals surface area contributed by atoms with Crippen LogP contribution >= 0.6 is 11.3 Å². The Labute approximate surface area is 109 Å². The molecule has 5 heteroatoms. The number of rotatable bonds is 3. The highest BCUT2D eigenvalue weighted by Crippen LogP contribution is 2.22. The lowest BCUT2D eigenvalue weighted by molar-refractivity contribution is 0.870. The summed E-state index contributed by atoms with van der Waals surface area (Å²) < 4.78 is 0. The summed E-state index contributed by atoms with van der Waals surface area (Å²) >= 11 is 1.58. The van der Waals surface area contributed by atoms with Gasteiger partial charge in [0, 0.05) is 17.3 Å². The molecule has 2 aromatic rings. The van der Waals surface area contributed by atoms with Crippen molar-refractivity contribution in [2.24, 2.45) is 0 Å². The minimum Gasteiger partial charge on any atom is -0.376 e. The number of aromatic nitrogens is 1. The van der Waals surface area contributed by atoms with Crippen molar-refractivity contribution in [3.63, 3.8) is 0 Å². The Morgan fingerprint density at radius 2 is 2.06 bits per heavy atom. The zero-order chi connectivity index (χ0) is 13.0. The molecule has 0 amide bonds. The van der Waals surface area contributed by atoms with E-state index in [4.69, 9.17) is 10.5 Å². The molecule has 1 heterocycles. The number of nitrogens with one attached hydrogen (secondary N) is 1. The predicted molar refractivity (Wildman–Crippen MR) is 70.0 cm³/mol. The summed E-state index contributed by atoms with van der Waals surface area (Å²) in [6.07, 6.45) is 1.76. The van der Waals surface area contributed by atoms with Crippen LogP contribution in [0.2, 0.25) is 0 Å². The van der Waals surface area contributed by atoms with Crippen molar-refractivity contribution in [1.29, 1.82) is 10.5 Å². The van der Waals surface area contributed by atoms with Crippen molar-refractivity contribution in [2.75, 3.05) is 5.32 Å². The molecule has 1 aromatic heterocycles. The van der Waals surface area contributed by atoms with Crippen LogP contribution in [0, 0.1) is 22.7 Å². The summed E-state index contributed by atoms with van der Waals surface area (Å²) in [7, 11) is 0. The molecule has 1 atom stereocenters. The molecular formula is C13H10N4S. The van der Waals surface area contributed by atoms with Gasteiger partial charge in [0.1, 0.15) is 17.1 Å². The standard InChI is InChI=1S/C13H10N4S/c1-9(13-16-4-5-18-13)17-12-3-2-10(7-14)11(6-12)8-15/h2-6,9,17H,1H3. The van der Waals surface area contributed by atoms with Crippen LogP contribution in [0.3, 0.4) is 0 Å². The molecule has 88 valence electrons. The lowest BCUT2D eigenvalue weighted by Gasteiger charge is -2.13. The van der Waals surface area contributed by atoms with E-state index < -0.39 is 0 Å². The van der Waals surface area contributed by atoms with Gasteiger partial charge in [0.2, 0.25) is 0 Å². The predicted octanol–water partition coefficient (Wildman–Crippen LogP) is 3.06. The maximum Gasteiger partial charge on any atom is 0.115 e. The van der Waals surface area contributed by atoms with E-state index in [1.807, 2.05) is 24.4 Å². The third-order valence-electron chi connectivity index (χ3n) is 2.47. The zero-order valence-corrected chi connectivity index (χ0v) is 10.5. The highest BCUT2D eigenvalue weighted by Gasteiger charge is 2.09. The molecular weight excluding hydrogens is 244 g/mol. The lowest BCUT2D eigenvalue weighted by atomic mass is 10.1. The number of benzene rings is 1. The first kappa shape index (κ1) is 12.1. The molecule has 0 bridgehead atoms. The van der Waals surface area contributed by atoms with Crippen LogP contribution < -0.4 is 5.32 Å². The van der Waals surface area contributed by atoms with E-state index in [-0.39, 0.29) is 6.04 Å². The fourth-order valence-electron chi connectivity index (χ4n) is 1.58. The van der Waals surface area contributed by atoms with Crippen molar-refractivity contribution in [1.82, 2.24) is 4.98 Å². The fourth-order valence-corrected chi connectivity index (χ4v) is 2.23. The third-order valence-corrected chi connectivity index (χ3v) is 3.42. The van der Waals surface area contributed by atoms with Crippen LogP contribution in [-0.2, 0) is 0 Å². The Hall–Kier alpha value is -2.37. The Kier molecular flexibility index (Phi) is 3.57. The van der Waals surface area contributed by atoms with E-state index in [0.717, 1.165) is 10.7 Å². The van der Waals surface area contributed by atoms with Gasteiger partial charge in [-0.2, -0.15) is 10.5 Å². The van der Waals surface area contributed by atoms with Gasteiger partial charge in [0.15, 0.2) is 0 Å². The SMILES string of the molecule is CC(Nc1ccc(C#N)c(C#N)c1)c1nccs1. The molecule has 0 aliphatic rings. The highest BCUT2D eigenvalue weighted by atomic mass is 32.1. The van der Waals surface area contributed by atoms with Gasteiger partial charge < -0.3 is 5.32 Å². The Morgan fingerprint density at radius 1 is 1.28 bits per heavy atom. The topological polar surface area (TPSA) is 72.5 Å².